The Balaban J connectivity index is 1.56. The number of anilines is 1. The van der Waals surface area contributed by atoms with E-state index in [0.29, 0.717) is 18.8 Å². The Morgan fingerprint density at radius 3 is 2.27 bits per heavy atom. The van der Waals surface area contributed by atoms with Crippen molar-refractivity contribution in [2.45, 2.75) is 37.6 Å². The lowest BCUT2D eigenvalue weighted by Crippen LogP contribution is -2.50. The molecule has 33 heavy (non-hydrogen) atoms. The topological polar surface area (TPSA) is 125 Å². The van der Waals surface area contributed by atoms with E-state index in [1.807, 2.05) is 0 Å². The van der Waals surface area contributed by atoms with Gasteiger partial charge < -0.3 is 5.32 Å². The van der Waals surface area contributed by atoms with Gasteiger partial charge in [0.05, 0.1) is 16.0 Å². The number of carbonyl (C=O) groups is 3. The highest BCUT2D eigenvalue weighted by Gasteiger charge is 2.43. The summed E-state index contributed by atoms with van der Waals surface area (Å²) in [6.07, 6.45) is 1.36. The zero-order valence-corrected chi connectivity index (χ0v) is 19.1. The van der Waals surface area contributed by atoms with Crippen LogP contribution in [0.2, 0.25) is 0 Å². The van der Waals surface area contributed by atoms with Gasteiger partial charge in [-0.3, -0.25) is 29.0 Å². The number of nitrogens with one attached hydrogen (secondary N) is 2. The van der Waals surface area contributed by atoms with Crippen molar-refractivity contribution in [1.29, 1.82) is 0 Å². The Kier molecular flexibility index (Phi) is 6.03. The zero-order valence-electron chi connectivity index (χ0n) is 18.2. The second-order valence-electron chi connectivity index (χ2n) is 8.27. The first-order valence-electron chi connectivity index (χ1n) is 10.6. The molecule has 0 saturated carbocycles. The first-order chi connectivity index (χ1) is 15.7. The van der Waals surface area contributed by atoms with E-state index in [-0.39, 0.29) is 27.6 Å². The summed E-state index contributed by atoms with van der Waals surface area (Å²) >= 11 is 0. The first kappa shape index (κ1) is 22.7. The van der Waals surface area contributed by atoms with Crippen LogP contribution in [0.15, 0.2) is 58.4 Å². The van der Waals surface area contributed by atoms with Gasteiger partial charge in [0.1, 0.15) is 11.9 Å². The van der Waals surface area contributed by atoms with Crippen LogP contribution >= 0.6 is 0 Å². The van der Waals surface area contributed by atoms with Crippen molar-refractivity contribution < 1.29 is 22.8 Å². The number of hydrogen-bond acceptors (Lipinski definition) is 6. The number of amides is 3. The normalized spacial score (nSPS) is 16.6. The molecule has 0 radical (unpaired) electrons. The average molecular weight is 469 g/mol. The standard InChI is InChI=1S/C23H24N4O5S/c1-14(2)20(27-22(29)17-9-3-4-10-18(17)23(27)30)21(28)25-15-7-5-8-16(13-15)33(31,32)26-19-11-6-12-24-19/h3-5,7-10,13-14,20H,6,11-12H2,1-2H3,(H,24,26)(H,25,28). The van der Waals surface area contributed by atoms with Crippen molar-refractivity contribution in [2.24, 2.45) is 10.9 Å². The van der Waals surface area contributed by atoms with E-state index in [9.17, 15) is 22.8 Å². The lowest BCUT2D eigenvalue weighted by atomic mass is 10.0. The monoisotopic (exact) mass is 468 g/mol. The lowest BCUT2D eigenvalue weighted by molar-refractivity contribution is -0.121. The molecule has 2 aromatic rings. The molecule has 2 aromatic carbocycles. The molecule has 0 aliphatic carbocycles. The van der Waals surface area contributed by atoms with Gasteiger partial charge >= 0.3 is 0 Å². The van der Waals surface area contributed by atoms with E-state index in [1.54, 1.807) is 44.2 Å². The predicted octanol–water partition coefficient (Wildman–Crippen LogP) is 2.42. The number of sulfonamides is 1. The van der Waals surface area contributed by atoms with Gasteiger partial charge in [0.25, 0.3) is 21.8 Å². The van der Waals surface area contributed by atoms with E-state index in [1.165, 1.54) is 18.2 Å². The Labute approximate surface area is 191 Å². The van der Waals surface area contributed by atoms with Gasteiger partial charge in [-0.25, -0.2) is 8.42 Å². The summed E-state index contributed by atoms with van der Waals surface area (Å²) in [6, 6.07) is 11.2. The van der Waals surface area contributed by atoms with E-state index < -0.39 is 33.8 Å². The zero-order chi connectivity index (χ0) is 23.8. The maximum atomic E-state index is 13.2. The fourth-order valence-corrected chi connectivity index (χ4v) is 5.11. The molecule has 0 spiro atoms. The Morgan fingerprint density at radius 2 is 1.70 bits per heavy atom. The maximum Gasteiger partial charge on any atom is 0.262 e. The maximum absolute atomic E-state index is 13.2. The van der Waals surface area contributed by atoms with Crippen LogP contribution in [0, 0.1) is 5.92 Å². The molecule has 2 aliphatic heterocycles. The van der Waals surface area contributed by atoms with Gasteiger partial charge in [-0.05, 0) is 42.7 Å². The van der Waals surface area contributed by atoms with Gasteiger partial charge in [-0.15, -0.1) is 0 Å². The molecule has 1 unspecified atom stereocenters. The molecular weight excluding hydrogens is 444 g/mol. The molecule has 4 rings (SSSR count). The molecule has 9 nitrogen and oxygen atoms in total. The third kappa shape index (κ3) is 4.38. The highest BCUT2D eigenvalue weighted by atomic mass is 32.2. The molecule has 0 aromatic heterocycles. The molecule has 2 N–H and O–H groups in total. The van der Waals surface area contributed by atoms with Crippen molar-refractivity contribution >= 4 is 39.3 Å². The Morgan fingerprint density at radius 1 is 1.03 bits per heavy atom. The summed E-state index contributed by atoms with van der Waals surface area (Å²) in [5.41, 5.74) is 0.753. The summed E-state index contributed by atoms with van der Waals surface area (Å²) in [6.45, 7) is 4.06. The predicted molar refractivity (Wildman–Crippen MR) is 122 cm³/mol. The van der Waals surface area contributed by atoms with Gasteiger partial charge in [0.15, 0.2) is 0 Å². The SMILES string of the molecule is CC(C)C(C(=O)Nc1cccc(S(=O)(=O)NC2=NCCC2)c1)N1C(=O)c2ccccc2C1=O. The van der Waals surface area contributed by atoms with Crippen molar-refractivity contribution in [3.8, 4) is 0 Å². The van der Waals surface area contributed by atoms with E-state index in [2.05, 4.69) is 15.0 Å². The fourth-order valence-electron chi connectivity index (χ4n) is 3.97. The van der Waals surface area contributed by atoms with Gasteiger partial charge in [-0.1, -0.05) is 32.0 Å². The van der Waals surface area contributed by atoms with E-state index >= 15 is 0 Å². The highest BCUT2D eigenvalue weighted by Crippen LogP contribution is 2.28. The van der Waals surface area contributed by atoms with Gasteiger partial charge in [0.2, 0.25) is 5.91 Å². The largest absolute Gasteiger partial charge is 0.324 e. The van der Waals surface area contributed by atoms with Crippen LogP contribution in [0.4, 0.5) is 5.69 Å². The number of hydrogen-bond donors (Lipinski definition) is 2. The van der Waals surface area contributed by atoms with Crippen LogP contribution in [0.3, 0.4) is 0 Å². The second-order valence-corrected chi connectivity index (χ2v) is 9.95. The average Bonchev–Trinajstić information content (AvgIpc) is 3.36. The number of aliphatic imine (C=N–C) groups is 1. The first-order valence-corrected chi connectivity index (χ1v) is 12.1. The van der Waals surface area contributed by atoms with Crippen molar-refractivity contribution in [2.75, 3.05) is 11.9 Å². The molecule has 172 valence electrons. The quantitative estimate of drug-likeness (QED) is 0.630. The minimum atomic E-state index is -3.86. The van der Waals surface area contributed by atoms with Gasteiger partial charge in [0, 0.05) is 18.7 Å². The van der Waals surface area contributed by atoms with Crippen LogP contribution in [0.1, 0.15) is 47.4 Å². The molecule has 2 aliphatic rings. The number of fused-ring (bicyclic) bond motifs is 1. The van der Waals surface area contributed by atoms with Crippen LogP contribution < -0.4 is 10.0 Å². The smallest absolute Gasteiger partial charge is 0.262 e. The lowest BCUT2D eigenvalue weighted by Gasteiger charge is -2.28. The summed E-state index contributed by atoms with van der Waals surface area (Å²) in [7, 11) is -3.86. The number of imide groups is 1. The number of rotatable bonds is 6. The Hall–Kier alpha value is -3.53. The molecule has 10 heteroatoms. The minimum Gasteiger partial charge on any atom is -0.324 e. The minimum absolute atomic E-state index is 0.0308. The molecule has 2 heterocycles. The molecule has 0 bridgehead atoms. The second kappa shape index (κ2) is 8.78. The van der Waals surface area contributed by atoms with Crippen molar-refractivity contribution in [3.05, 3.63) is 59.7 Å². The third-order valence-corrected chi connectivity index (χ3v) is 6.92. The van der Waals surface area contributed by atoms with Crippen LogP contribution in [-0.2, 0) is 14.8 Å². The molecule has 3 amide bonds. The van der Waals surface area contributed by atoms with E-state index in [4.69, 9.17) is 0 Å². The summed E-state index contributed by atoms with van der Waals surface area (Å²) in [5.74, 6) is -1.59. The van der Waals surface area contributed by atoms with Crippen LogP contribution in [0.25, 0.3) is 0 Å². The molecule has 1 atom stereocenters. The Bertz CT molecular complexity index is 1230. The number of carbonyl (C=O) groups excluding carboxylic acids is 3. The van der Waals surface area contributed by atoms with Crippen LogP contribution in [-0.4, -0.2) is 49.5 Å². The molecule has 0 saturated heterocycles. The number of benzene rings is 2. The van der Waals surface area contributed by atoms with Gasteiger partial charge in [-0.2, -0.15) is 0 Å². The number of nitrogens with zero attached hydrogens (tertiary/aromatic N) is 2. The summed E-state index contributed by atoms with van der Waals surface area (Å²) in [5, 5.41) is 2.67. The summed E-state index contributed by atoms with van der Waals surface area (Å²) < 4.78 is 27.8. The number of amidine groups is 1. The van der Waals surface area contributed by atoms with Crippen molar-refractivity contribution in [1.82, 2.24) is 9.62 Å². The molecular formula is C23H24N4O5S. The van der Waals surface area contributed by atoms with E-state index in [0.717, 1.165) is 11.3 Å². The molecule has 0 fully saturated rings. The van der Waals surface area contributed by atoms with Crippen LogP contribution in [0.5, 0.6) is 0 Å². The summed E-state index contributed by atoms with van der Waals surface area (Å²) in [4.78, 5) is 44.0. The fraction of sp³-hybridized carbons (Fsp3) is 0.304. The third-order valence-electron chi connectivity index (χ3n) is 5.54. The highest BCUT2D eigenvalue weighted by molar-refractivity contribution is 7.90. The van der Waals surface area contributed by atoms with Crippen molar-refractivity contribution in [3.63, 3.8) is 0 Å².